The Morgan fingerprint density at radius 2 is 1.61 bits per heavy atom. The topological polar surface area (TPSA) is 17.8 Å². The molecule has 0 bridgehead atoms. The van der Waals surface area contributed by atoms with Crippen LogP contribution in [0.4, 0.5) is 0 Å². The molecule has 0 aliphatic carbocycles. The highest BCUT2D eigenvalue weighted by Gasteiger charge is 2.13. The van der Waals surface area contributed by atoms with Crippen molar-refractivity contribution in [1.82, 2.24) is 9.55 Å². The molecule has 0 amide bonds. The molecule has 2 heteroatoms. The molecule has 0 fully saturated rings. The van der Waals surface area contributed by atoms with Crippen molar-refractivity contribution in [1.29, 1.82) is 0 Å². The average Bonchev–Trinajstić information content (AvgIpc) is 3.16. The highest BCUT2D eigenvalue weighted by Crippen LogP contribution is 2.26. The largest absolute Gasteiger partial charge is 0.324 e. The molecule has 0 saturated carbocycles. The summed E-state index contributed by atoms with van der Waals surface area (Å²) < 4.78 is 9.88. The number of rotatable bonds is 4. The summed E-state index contributed by atoms with van der Waals surface area (Å²) in [5.41, 5.74) is 5.65. The number of imidazole rings is 1. The Balaban J connectivity index is 1.56. The summed E-state index contributed by atoms with van der Waals surface area (Å²) >= 11 is 0. The van der Waals surface area contributed by atoms with Crippen LogP contribution in [0.25, 0.3) is 33.2 Å². The zero-order valence-electron chi connectivity index (χ0n) is 16.7. The number of aromatic nitrogens is 2. The average molecular weight is 363 g/mol. The van der Waals surface area contributed by atoms with E-state index in [0.717, 1.165) is 41.0 Å². The van der Waals surface area contributed by atoms with Crippen molar-refractivity contribution in [3.05, 3.63) is 102 Å². The zero-order chi connectivity index (χ0) is 19.6. The van der Waals surface area contributed by atoms with Crippen molar-refractivity contribution in [2.75, 3.05) is 0 Å². The highest BCUT2D eigenvalue weighted by molar-refractivity contribution is 5.86. The number of fused-ring (bicyclic) bond motifs is 2. The quantitative estimate of drug-likeness (QED) is 0.361. The fourth-order valence-corrected chi connectivity index (χ4v) is 3.92. The lowest BCUT2D eigenvalue weighted by atomic mass is 10.0. The molecule has 1 aromatic heterocycles. The number of benzene rings is 4. The van der Waals surface area contributed by atoms with Crippen LogP contribution in [0.5, 0.6) is 0 Å². The molecular formula is C26H22N2. The number of hydrogen-bond acceptors (Lipinski definition) is 1. The van der Waals surface area contributed by atoms with E-state index in [9.17, 15) is 0 Å². The number of para-hydroxylation sites is 2. The van der Waals surface area contributed by atoms with Crippen LogP contribution in [0, 0.1) is 6.90 Å². The summed E-state index contributed by atoms with van der Waals surface area (Å²) in [6, 6.07) is 31.7. The standard InChI is InChI=1S/C26H22N2/c1-19-13-15-22(16-14-19)26-27-24-11-4-5-12-25(24)28(26)18-17-21-9-6-8-20-7-2-3-10-23(20)21/h2-16H,17-18H2,1H3/i1D. The number of nitrogens with zero attached hydrogens (tertiary/aromatic N) is 2. The lowest BCUT2D eigenvalue weighted by molar-refractivity contribution is 0.726. The van der Waals surface area contributed by atoms with Crippen LogP contribution >= 0.6 is 0 Å². The molecule has 0 atom stereocenters. The van der Waals surface area contributed by atoms with E-state index in [0.29, 0.717) is 6.90 Å². The Bertz CT molecular complexity index is 1280. The van der Waals surface area contributed by atoms with Gasteiger partial charge in [0.15, 0.2) is 0 Å². The van der Waals surface area contributed by atoms with E-state index in [-0.39, 0.29) is 0 Å². The molecule has 0 N–H and O–H groups in total. The predicted molar refractivity (Wildman–Crippen MR) is 118 cm³/mol. The molecule has 0 aliphatic rings. The molecule has 0 saturated heterocycles. The van der Waals surface area contributed by atoms with Gasteiger partial charge in [-0.25, -0.2) is 4.98 Å². The molecule has 4 aromatic carbocycles. The first-order valence-electron chi connectivity index (χ1n) is 10.3. The molecular weight excluding hydrogens is 340 g/mol. The van der Waals surface area contributed by atoms with E-state index >= 15 is 0 Å². The van der Waals surface area contributed by atoms with Gasteiger partial charge in [-0.1, -0.05) is 84.4 Å². The smallest absolute Gasteiger partial charge is 0.141 e. The fraction of sp³-hybridized carbons (Fsp3) is 0.115. The Kier molecular flexibility index (Phi) is 3.90. The van der Waals surface area contributed by atoms with Gasteiger partial charge in [0.05, 0.1) is 11.0 Å². The van der Waals surface area contributed by atoms with Crippen LogP contribution in [0.2, 0.25) is 0 Å². The second-order valence-corrected chi connectivity index (χ2v) is 7.16. The van der Waals surface area contributed by atoms with Crippen LogP contribution in [0.15, 0.2) is 91.0 Å². The van der Waals surface area contributed by atoms with Gasteiger partial charge < -0.3 is 4.57 Å². The van der Waals surface area contributed by atoms with Crippen LogP contribution in [0.1, 0.15) is 12.5 Å². The van der Waals surface area contributed by atoms with E-state index in [4.69, 9.17) is 6.35 Å². The lowest BCUT2D eigenvalue weighted by Gasteiger charge is -2.11. The van der Waals surface area contributed by atoms with Crippen molar-refractivity contribution < 1.29 is 1.37 Å². The molecule has 0 unspecified atom stereocenters. The minimum Gasteiger partial charge on any atom is -0.324 e. The molecule has 0 aliphatic heterocycles. The normalized spacial score (nSPS) is 11.8. The molecule has 0 spiro atoms. The maximum atomic E-state index is 7.56. The molecule has 136 valence electrons. The monoisotopic (exact) mass is 363 g/mol. The van der Waals surface area contributed by atoms with Gasteiger partial charge in [0.2, 0.25) is 0 Å². The van der Waals surface area contributed by atoms with E-state index < -0.39 is 0 Å². The van der Waals surface area contributed by atoms with E-state index in [1.54, 1.807) is 0 Å². The summed E-state index contributed by atoms with van der Waals surface area (Å²) in [5, 5.41) is 2.60. The molecule has 2 nitrogen and oxygen atoms in total. The Hall–Kier alpha value is -3.39. The third kappa shape index (κ3) is 2.97. The summed E-state index contributed by atoms with van der Waals surface area (Å²) in [6.07, 6.45) is 0.944. The van der Waals surface area contributed by atoms with Gasteiger partial charge >= 0.3 is 0 Å². The van der Waals surface area contributed by atoms with E-state index in [1.165, 1.54) is 16.3 Å². The fourth-order valence-electron chi connectivity index (χ4n) is 3.92. The van der Waals surface area contributed by atoms with Crippen LogP contribution in [-0.4, -0.2) is 9.55 Å². The van der Waals surface area contributed by atoms with E-state index in [1.807, 2.05) is 18.2 Å². The Morgan fingerprint density at radius 1 is 0.821 bits per heavy atom. The Labute approximate surface area is 166 Å². The van der Waals surface area contributed by atoms with Gasteiger partial charge in [0.1, 0.15) is 5.82 Å². The predicted octanol–water partition coefficient (Wildman–Crippen LogP) is 6.41. The molecule has 1 heterocycles. The molecule has 28 heavy (non-hydrogen) atoms. The van der Waals surface area contributed by atoms with Crippen LogP contribution < -0.4 is 0 Å². The molecule has 0 radical (unpaired) electrons. The van der Waals surface area contributed by atoms with Crippen LogP contribution in [0.3, 0.4) is 0 Å². The lowest BCUT2D eigenvalue weighted by Crippen LogP contribution is -2.04. The van der Waals surface area contributed by atoms with Crippen LogP contribution in [-0.2, 0) is 13.0 Å². The van der Waals surface area contributed by atoms with Gasteiger partial charge in [-0.3, -0.25) is 0 Å². The maximum absolute atomic E-state index is 7.56. The minimum absolute atomic E-state index is 0.303. The SMILES string of the molecule is [2H]Cc1ccc(-c2nc3ccccc3n2CCc2cccc3ccccc23)cc1. The summed E-state index contributed by atoms with van der Waals surface area (Å²) in [5.74, 6) is 0.989. The summed E-state index contributed by atoms with van der Waals surface area (Å²) in [7, 11) is 0. The van der Waals surface area contributed by atoms with Gasteiger partial charge in [-0.05, 0) is 41.8 Å². The number of hydrogen-bond donors (Lipinski definition) is 0. The third-order valence-corrected chi connectivity index (χ3v) is 5.35. The van der Waals surface area contributed by atoms with Gasteiger partial charge in [0.25, 0.3) is 0 Å². The van der Waals surface area contributed by atoms with Crippen molar-refractivity contribution in [3.63, 3.8) is 0 Å². The maximum Gasteiger partial charge on any atom is 0.141 e. The Morgan fingerprint density at radius 3 is 2.50 bits per heavy atom. The first-order valence-corrected chi connectivity index (χ1v) is 9.64. The second-order valence-electron chi connectivity index (χ2n) is 7.16. The van der Waals surface area contributed by atoms with Gasteiger partial charge in [0, 0.05) is 13.5 Å². The van der Waals surface area contributed by atoms with E-state index in [2.05, 4.69) is 77.4 Å². The first-order chi connectivity index (χ1) is 14.3. The van der Waals surface area contributed by atoms with Gasteiger partial charge in [-0.2, -0.15) is 0 Å². The summed E-state index contributed by atoms with van der Waals surface area (Å²) in [6.45, 7) is 1.17. The van der Waals surface area contributed by atoms with Crippen molar-refractivity contribution in [2.45, 2.75) is 19.9 Å². The molecule has 5 aromatic rings. The third-order valence-electron chi connectivity index (χ3n) is 5.35. The van der Waals surface area contributed by atoms with Crippen molar-refractivity contribution in [3.8, 4) is 11.4 Å². The van der Waals surface area contributed by atoms with Gasteiger partial charge in [-0.15, -0.1) is 0 Å². The minimum atomic E-state index is 0.303. The van der Waals surface area contributed by atoms with Crippen molar-refractivity contribution in [2.24, 2.45) is 0 Å². The zero-order valence-corrected chi connectivity index (χ0v) is 15.7. The molecule has 5 rings (SSSR count). The second kappa shape index (κ2) is 6.97. The highest BCUT2D eigenvalue weighted by atomic mass is 15.1. The first kappa shape index (κ1) is 15.6. The summed E-state index contributed by atoms with van der Waals surface area (Å²) in [4.78, 5) is 4.93. The number of aryl methyl sites for hydroxylation is 3. The van der Waals surface area contributed by atoms with Crippen molar-refractivity contribution >= 4 is 21.8 Å².